The number of benzene rings is 1. The van der Waals surface area contributed by atoms with Gasteiger partial charge in [-0.2, -0.15) is 0 Å². The summed E-state index contributed by atoms with van der Waals surface area (Å²) in [6, 6.07) is 7.40. The zero-order chi connectivity index (χ0) is 25.4. The molecular weight excluding hydrogens is 456 g/mol. The number of hydrogen-bond acceptors (Lipinski definition) is 11. The number of carbonyl (C=O) groups is 1. The van der Waals surface area contributed by atoms with E-state index in [9.17, 15) is 4.79 Å². The molecule has 1 aromatic heterocycles. The van der Waals surface area contributed by atoms with E-state index in [1.165, 1.54) is 0 Å². The molecule has 0 fully saturated rings. The van der Waals surface area contributed by atoms with E-state index in [4.69, 9.17) is 28.4 Å². The molecule has 0 amide bonds. The van der Waals surface area contributed by atoms with Crippen molar-refractivity contribution in [3.63, 3.8) is 0 Å². The second-order valence-corrected chi connectivity index (χ2v) is 8.43. The van der Waals surface area contributed by atoms with Crippen LogP contribution in [0.25, 0.3) is 11.4 Å². The Balaban J connectivity index is 1.36. The Morgan fingerprint density at radius 2 is 1.20 bits per heavy atom. The molecule has 0 aliphatic rings. The van der Waals surface area contributed by atoms with E-state index in [-0.39, 0.29) is 12.4 Å². The average molecular weight is 493 g/mol. The first kappa shape index (κ1) is 28.5. The van der Waals surface area contributed by atoms with Gasteiger partial charge in [0.15, 0.2) is 5.82 Å². The first-order valence-corrected chi connectivity index (χ1v) is 11.6. The molecule has 0 N–H and O–H groups in total. The Bertz CT molecular complexity index is 842. The van der Waals surface area contributed by atoms with Crippen molar-refractivity contribution in [1.82, 2.24) is 20.4 Å². The zero-order valence-electron chi connectivity index (χ0n) is 21.0. The highest BCUT2D eigenvalue weighted by molar-refractivity contribution is 5.69. The fourth-order valence-electron chi connectivity index (χ4n) is 2.62. The molecule has 0 saturated carbocycles. The molecule has 0 bridgehead atoms. The molecule has 35 heavy (non-hydrogen) atoms. The first-order chi connectivity index (χ1) is 16.8. The molecule has 0 aliphatic carbocycles. The van der Waals surface area contributed by atoms with Gasteiger partial charge in [0.2, 0.25) is 5.82 Å². The molecule has 2 aromatic rings. The highest BCUT2D eigenvalue weighted by Gasteiger charge is 2.15. The lowest BCUT2D eigenvalue weighted by molar-refractivity contribution is -0.156. The molecule has 0 unspecified atom stereocenters. The maximum absolute atomic E-state index is 11.5. The van der Waals surface area contributed by atoms with Crippen LogP contribution in [0.15, 0.2) is 24.3 Å². The fraction of sp³-hybridized carbons (Fsp3) is 0.625. The highest BCUT2D eigenvalue weighted by atomic mass is 16.6. The van der Waals surface area contributed by atoms with Gasteiger partial charge in [-0.05, 0) is 52.0 Å². The summed E-state index contributed by atoms with van der Waals surface area (Å²) >= 11 is 0. The number of aromatic nitrogens is 4. The molecule has 2 rings (SSSR count). The minimum atomic E-state index is -0.471. The number of hydrogen-bond donors (Lipinski definition) is 0. The monoisotopic (exact) mass is 492 g/mol. The van der Waals surface area contributed by atoms with E-state index in [0.29, 0.717) is 71.1 Å². The Morgan fingerprint density at radius 1 is 0.714 bits per heavy atom. The summed E-state index contributed by atoms with van der Waals surface area (Å²) in [5.41, 5.74) is 0.349. The number of ether oxygens (including phenoxy) is 6. The molecule has 0 spiro atoms. The van der Waals surface area contributed by atoms with E-state index in [1.807, 2.05) is 45.0 Å². The van der Waals surface area contributed by atoms with Crippen molar-refractivity contribution in [2.24, 2.45) is 0 Å². The molecule has 0 aliphatic heterocycles. The van der Waals surface area contributed by atoms with Crippen LogP contribution in [-0.2, 0) is 28.5 Å². The van der Waals surface area contributed by atoms with Crippen molar-refractivity contribution >= 4 is 5.97 Å². The van der Waals surface area contributed by atoms with Crippen LogP contribution in [0, 0.1) is 6.92 Å². The largest absolute Gasteiger partial charge is 0.491 e. The second-order valence-electron chi connectivity index (χ2n) is 8.43. The lowest BCUT2D eigenvalue weighted by Crippen LogP contribution is -2.24. The van der Waals surface area contributed by atoms with Crippen molar-refractivity contribution in [1.29, 1.82) is 0 Å². The Hall–Kier alpha value is -2.73. The van der Waals surface area contributed by atoms with Crippen molar-refractivity contribution in [2.75, 3.05) is 59.5 Å². The van der Waals surface area contributed by atoms with Crippen LogP contribution in [0.2, 0.25) is 0 Å². The van der Waals surface area contributed by atoms with Gasteiger partial charge >= 0.3 is 5.97 Å². The van der Waals surface area contributed by atoms with Crippen LogP contribution in [0.4, 0.5) is 0 Å². The second kappa shape index (κ2) is 16.0. The third-order valence-corrected chi connectivity index (χ3v) is 4.17. The van der Waals surface area contributed by atoms with Gasteiger partial charge in [-0.25, -0.2) is 0 Å². The normalized spacial score (nSPS) is 11.4. The number of nitrogens with zero attached hydrogens (tertiary/aromatic N) is 4. The first-order valence-electron chi connectivity index (χ1n) is 11.6. The number of carbonyl (C=O) groups excluding carboxylic acids is 1. The standard InChI is InChI=1S/C24H36N4O7/c1-19-25-27-23(28-26-19)20-5-7-21(8-6-20)34-18-17-33-16-15-32-14-13-31-12-11-30-10-9-22(29)35-24(2,3)4/h5-8H,9-18H2,1-4H3. The van der Waals surface area contributed by atoms with Gasteiger partial charge in [0.05, 0.1) is 59.3 Å². The number of rotatable bonds is 17. The summed E-state index contributed by atoms with van der Waals surface area (Å²) in [5.74, 6) is 1.47. The Morgan fingerprint density at radius 3 is 1.71 bits per heavy atom. The summed E-state index contributed by atoms with van der Waals surface area (Å²) in [6.07, 6.45) is 0.233. The van der Waals surface area contributed by atoms with Crippen LogP contribution >= 0.6 is 0 Å². The molecule has 0 radical (unpaired) electrons. The van der Waals surface area contributed by atoms with Crippen molar-refractivity contribution in [2.45, 2.75) is 39.7 Å². The Kier molecular flexibility index (Phi) is 13.1. The lowest BCUT2D eigenvalue weighted by Gasteiger charge is -2.19. The average Bonchev–Trinajstić information content (AvgIpc) is 2.81. The summed E-state index contributed by atoms with van der Waals surface area (Å²) < 4.78 is 32.6. The maximum Gasteiger partial charge on any atom is 0.308 e. The minimum Gasteiger partial charge on any atom is -0.491 e. The van der Waals surface area contributed by atoms with Crippen molar-refractivity contribution < 1.29 is 33.2 Å². The van der Waals surface area contributed by atoms with E-state index in [2.05, 4.69) is 20.4 Å². The van der Waals surface area contributed by atoms with Crippen LogP contribution in [0.3, 0.4) is 0 Å². The molecule has 1 heterocycles. The van der Waals surface area contributed by atoms with Crippen LogP contribution < -0.4 is 4.74 Å². The van der Waals surface area contributed by atoms with E-state index >= 15 is 0 Å². The fourth-order valence-corrected chi connectivity index (χ4v) is 2.62. The maximum atomic E-state index is 11.5. The van der Waals surface area contributed by atoms with Crippen LogP contribution in [-0.4, -0.2) is 91.4 Å². The topological polar surface area (TPSA) is 124 Å². The van der Waals surface area contributed by atoms with E-state index < -0.39 is 5.60 Å². The summed E-state index contributed by atoms with van der Waals surface area (Å²) in [5, 5.41) is 15.8. The van der Waals surface area contributed by atoms with Gasteiger partial charge in [0.1, 0.15) is 18.0 Å². The molecule has 11 nitrogen and oxygen atoms in total. The minimum absolute atomic E-state index is 0.233. The highest BCUT2D eigenvalue weighted by Crippen LogP contribution is 2.18. The predicted molar refractivity (Wildman–Crippen MR) is 127 cm³/mol. The van der Waals surface area contributed by atoms with E-state index in [1.54, 1.807) is 6.92 Å². The number of esters is 1. The lowest BCUT2D eigenvalue weighted by atomic mass is 10.2. The van der Waals surface area contributed by atoms with Gasteiger partial charge in [-0.15, -0.1) is 20.4 Å². The molecule has 1 aromatic carbocycles. The van der Waals surface area contributed by atoms with Gasteiger partial charge in [0, 0.05) is 5.56 Å². The van der Waals surface area contributed by atoms with E-state index in [0.717, 1.165) is 11.3 Å². The van der Waals surface area contributed by atoms with Gasteiger partial charge < -0.3 is 28.4 Å². The third-order valence-electron chi connectivity index (χ3n) is 4.17. The molecule has 0 atom stereocenters. The van der Waals surface area contributed by atoms with Crippen molar-refractivity contribution in [3.8, 4) is 17.1 Å². The number of aryl methyl sites for hydroxylation is 1. The van der Waals surface area contributed by atoms with Crippen LogP contribution in [0.5, 0.6) is 5.75 Å². The Labute approximate surface area is 206 Å². The van der Waals surface area contributed by atoms with Gasteiger partial charge in [0.25, 0.3) is 0 Å². The third kappa shape index (κ3) is 13.7. The predicted octanol–water partition coefficient (Wildman–Crippen LogP) is 2.42. The van der Waals surface area contributed by atoms with Crippen LogP contribution in [0.1, 0.15) is 33.0 Å². The van der Waals surface area contributed by atoms with Crippen molar-refractivity contribution in [3.05, 3.63) is 30.1 Å². The molecule has 194 valence electrons. The molecular formula is C24H36N4O7. The van der Waals surface area contributed by atoms with Gasteiger partial charge in [-0.3, -0.25) is 4.79 Å². The van der Waals surface area contributed by atoms with Gasteiger partial charge in [-0.1, -0.05) is 0 Å². The molecule has 11 heteroatoms. The quantitative estimate of drug-likeness (QED) is 0.239. The summed E-state index contributed by atoms with van der Waals surface area (Å²) in [4.78, 5) is 11.5. The smallest absolute Gasteiger partial charge is 0.308 e. The summed E-state index contributed by atoms with van der Waals surface area (Å²) in [7, 11) is 0. The SMILES string of the molecule is Cc1nnc(-c2ccc(OCCOCCOCCOCCOCCC(=O)OC(C)(C)C)cc2)nn1. The summed E-state index contributed by atoms with van der Waals surface area (Å²) in [6.45, 7) is 11.2. The molecule has 0 saturated heterocycles. The zero-order valence-corrected chi connectivity index (χ0v) is 21.0.